The summed E-state index contributed by atoms with van der Waals surface area (Å²) in [7, 11) is 0. The lowest BCUT2D eigenvalue weighted by Crippen LogP contribution is -1.93. The fourth-order valence-corrected chi connectivity index (χ4v) is 1.46. The summed E-state index contributed by atoms with van der Waals surface area (Å²) in [5.74, 6) is 0.922. The highest BCUT2D eigenvalue weighted by molar-refractivity contribution is 5.02. The standard InChI is InChI=1S/C11H18/c1-11-9-7-5-3-2-4-6-8-10-11/h2-5,11H,6-10H2,1H3/b4-2-,5-3-. The fraction of sp³-hybridized carbons (Fsp3) is 0.636. The van der Waals surface area contributed by atoms with Crippen LogP contribution in [0.15, 0.2) is 24.3 Å². The molecule has 62 valence electrons. The van der Waals surface area contributed by atoms with E-state index < -0.39 is 0 Å². The first-order valence-corrected chi connectivity index (χ1v) is 4.71. The molecule has 0 aliphatic heterocycles. The van der Waals surface area contributed by atoms with Crippen LogP contribution in [-0.2, 0) is 0 Å². The first-order valence-electron chi connectivity index (χ1n) is 4.71. The summed E-state index contributed by atoms with van der Waals surface area (Å²) in [5.41, 5.74) is 0. The third-order valence-electron chi connectivity index (χ3n) is 2.28. The molecule has 0 bridgehead atoms. The molecule has 0 radical (unpaired) electrons. The number of hydrogen-bond acceptors (Lipinski definition) is 0. The predicted octanol–water partition coefficient (Wildman–Crippen LogP) is 3.70. The molecular weight excluding hydrogens is 132 g/mol. The first kappa shape index (κ1) is 8.58. The third-order valence-corrected chi connectivity index (χ3v) is 2.28. The van der Waals surface area contributed by atoms with Crippen molar-refractivity contribution in [1.29, 1.82) is 0 Å². The average Bonchev–Trinajstić information content (AvgIpc) is 2.03. The minimum atomic E-state index is 0.922. The van der Waals surface area contributed by atoms with Crippen LogP contribution in [0.25, 0.3) is 0 Å². The minimum absolute atomic E-state index is 0.922. The van der Waals surface area contributed by atoms with Crippen LogP contribution >= 0.6 is 0 Å². The van der Waals surface area contributed by atoms with Crippen molar-refractivity contribution >= 4 is 0 Å². The summed E-state index contributed by atoms with van der Waals surface area (Å²) in [4.78, 5) is 0. The van der Waals surface area contributed by atoms with Crippen LogP contribution in [-0.4, -0.2) is 0 Å². The lowest BCUT2D eigenvalue weighted by molar-refractivity contribution is 0.480. The monoisotopic (exact) mass is 150 g/mol. The van der Waals surface area contributed by atoms with Crippen molar-refractivity contribution in [2.24, 2.45) is 5.92 Å². The van der Waals surface area contributed by atoms with E-state index >= 15 is 0 Å². The van der Waals surface area contributed by atoms with Gasteiger partial charge < -0.3 is 0 Å². The first-order chi connectivity index (χ1) is 5.39. The van der Waals surface area contributed by atoms with Crippen LogP contribution in [0.3, 0.4) is 0 Å². The molecule has 0 amide bonds. The van der Waals surface area contributed by atoms with Gasteiger partial charge >= 0.3 is 0 Å². The van der Waals surface area contributed by atoms with Gasteiger partial charge in [-0.2, -0.15) is 0 Å². The van der Waals surface area contributed by atoms with E-state index in [1.54, 1.807) is 0 Å². The maximum Gasteiger partial charge on any atom is -0.0345 e. The Labute approximate surface area is 70.0 Å². The van der Waals surface area contributed by atoms with E-state index in [4.69, 9.17) is 0 Å². The van der Waals surface area contributed by atoms with Crippen molar-refractivity contribution in [2.75, 3.05) is 0 Å². The summed E-state index contributed by atoms with van der Waals surface area (Å²) < 4.78 is 0. The number of rotatable bonds is 0. The largest absolute Gasteiger partial charge is 0.0845 e. The SMILES string of the molecule is CC1CC/C=C\C=C/CCC1. The second-order valence-electron chi connectivity index (χ2n) is 3.47. The highest BCUT2D eigenvalue weighted by Gasteiger charge is 1.99. The van der Waals surface area contributed by atoms with Crippen molar-refractivity contribution < 1.29 is 0 Å². The third kappa shape index (κ3) is 4.02. The van der Waals surface area contributed by atoms with Gasteiger partial charge in [-0.05, 0) is 31.6 Å². The van der Waals surface area contributed by atoms with E-state index in [0.717, 1.165) is 5.92 Å². The number of allylic oxidation sites excluding steroid dienone is 4. The smallest absolute Gasteiger partial charge is 0.0345 e. The molecule has 0 aromatic heterocycles. The normalized spacial score (nSPS) is 32.6. The van der Waals surface area contributed by atoms with E-state index in [9.17, 15) is 0 Å². The molecule has 1 rings (SSSR count). The molecule has 0 saturated heterocycles. The van der Waals surface area contributed by atoms with Crippen LogP contribution < -0.4 is 0 Å². The van der Waals surface area contributed by atoms with E-state index in [1.807, 2.05) is 0 Å². The van der Waals surface area contributed by atoms with Crippen LogP contribution in [0.5, 0.6) is 0 Å². The van der Waals surface area contributed by atoms with E-state index in [2.05, 4.69) is 31.2 Å². The Balaban J connectivity index is 2.34. The van der Waals surface area contributed by atoms with Gasteiger partial charge in [0.25, 0.3) is 0 Å². The fourth-order valence-electron chi connectivity index (χ4n) is 1.46. The Morgan fingerprint density at radius 2 is 1.73 bits per heavy atom. The average molecular weight is 150 g/mol. The van der Waals surface area contributed by atoms with Gasteiger partial charge in [0.05, 0.1) is 0 Å². The molecule has 0 aromatic rings. The lowest BCUT2D eigenvalue weighted by atomic mass is 9.98. The summed E-state index contributed by atoms with van der Waals surface area (Å²) >= 11 is 0. The molecule has 0 heteroatoms. The maximum atomic E-state index is 2.36. The molecular formula is C11H18. The van der Waals surface area contributed by atoms with Crippen molar-refractivity contribution in [2.45, 2.75) is 39.0 Å². The summed E-state index contributed by atoms with van der Waals surface area (Å²) in [5, 5.41) is 0. The molecule has 0 N–H and O–H groups in total. The molecule has 1 atom stereocenters. The van der Waals surface area contributed by atoms with Crippen LogP contribution in [0, 0.1) is 5.92 Å². The molecule has 11 heavy (non-hydrogen) atoms. The Morgan fingerprint density at radius 3 is 2.55 bits per heavy atom. The van der Waals surface area contributed by atoms with Gasteiger partial charge in [-0.3, -0.25) is 0 Å². The summed E-state index contributed by atoms with van der Waals surface area (Å²) in [6, 6.07) is 0. The van der Waals surface area contributed by atoms with Gasteiger partial charge in [0.2, 0.25) is 0 Å². The quantitative estimate of drug-likeness (QED) is 0.494. The molecule has 0 spiro atoms. The molecule has 1 aliphatic rings. The van der Waals surface area contributed by atoms with Crippen LogP contribution in [0.1, 0.15) is 39.0 Å². The van der Waals surface area contributed by atoms with E-state index in [-0.39, 0.29) is 0 Å². The molecule has 0 nitrogen and oxygen atoms in total. The van der Waals surface area contributed by atoms with Gasteiger partial charge in [-0.25, -0.2) is 0 Å². The molecule has 0 saturated carbocycles. The highest BCUT2D eigenvalue weighted by atomic mass is 14.1. The van der Waals surface area contributed by atoms with Crippen molar-refractivity contribution in [3.8, 4) is 0 Å². The topological polar surface area (TPSA) is 0 Å². The van der Waals surface area contributed by atoms with Crippen LogP contribution in [0.2, 0.25) is 0 Å². The summed E-state index contributed by atoms with van der Waals surface area (Å²) in [6.45, 7) is 2.36. The number of hydrogen-bond donors (Lipinski definition) is 0. The van der Waals surface area contributed by atoms with Gasteiger partial charge in [0.1, 0.15) is 0 Å². The zero-order valence-electron chi connectivity index (χ0n) is 7.42. The molecule has 0 fully saturated rings. The maximum absolute atomic E-state index is 2.36. The summed E-state index contributed by atoms with van der Waals surface area (Å²) in [6.07, 6.45) is 15.6. The second-order valence-corrected chi connectivity index (χ2v) is 3.47. The van der Waals surface area contributed by atoms with Gasteiger partial charge in [-0.1, -0.05) is 37.6 Å². The minimum Gasteiger partial charge on any atom is -0.0845 e. The zero-order chi connectivity index (χ0) is 7.94. The van der Waals surface area contributed by atoms with Crippen molar-refractivity contribution in [3.63, 3.8) is 0 Å². The Hall–Kier alpha value is -0.520. The van der Waals surface area contributed by atoms with E-state index in [0.29, 0.717) is 0 Å². The Bertz CT molecular complexity index is 142. The van der Waals surface area contributed by atoms with Crippen molar-refractivity contribution in [3.05, 3.63) is 24.3 Å². The van der Waals surface area contributed by atoms with E-state index in [1.165, 1.54) is 32.1 Å². The van der Waals surface area contributed by atoms with Gasteiger partial charge in [-0.15, -0.1) is 0 Å². The second kappa shape index (κ2) is 5.17. The highest BCUT2D eigenvalue weighted by Crippen LogP contribution is 2.15. The molecule has 1 unspecified atom stereocenters. The lowest BCUT2D eigenvalue weighted by Gasteiger charge is -2.08. The van der Waals surface area contributed by atoms with Crippen molar-refractivity contribution in [1.82, 2.24) is 0 Å². The van der Waals surface area contributed by atoms with Gasteiger partial charge in [0, 0.05) is 0 Å². The zero-order valence-corrected chi connectivity index (χ0v) is 7.42. The molecule has 1 aliphatic carbocycles. The van der Waals surface area contributed by atoms with Crippen LogP contribution in [0.4, 0.5) is 0 Å². The Morgan fingerprint density at radius 1 is 1.00 bits per heavy atom. The van der Waals surface area contributed by atoms with Gasteiger partial charge in [0.15, 0.2) is 0 Å². The molecule has 0 heterocycles. The Kier molecular flexibility index (Phi) is 4.03. The molecule has 0 aromatic carbocycles. The predicted molar refractivity (Wildman–Crippen MR) is 50.5 cm³/mol.